The van der Waals surface area contributed by atoms with Crippen molar-refractivity contribution in [1.82, 2.24) is 0 Å². The number of halogens is 2. The van der Waals surface area contributed by atoms with Crippen LogP contribution in [0.4, 0.5) is 4.39 Å². The summed E-state index contributed by atoms with van der Waals surface area (Å²) in [5, 5.41) is 11.3. The van der Waals surface area contributed by atoms with Crippen LogP contribution in [0.15, 0.2) is 42.2 Å². The molecule has 156 valence electrons. The lowest BCUT2D eigenvalue weighted by Gasteiger charge is -2.30. The van der Waals surface area contributed by atoms with Crippen LogP contribution in [0.3, 0.4) is 0 Å². The van der Waals surface area contributed by atoms with Gasteiger partial charge in [0, 0.05) is 0 Å². The van der Waals surface area contributed by atoms with Gasteiger partial charge in [-0.2, -0.15) is 0 Å². The van der Waals surface area contributed by atoms with Gasteiger partial charge in [-0.1, -0.05) is 36.7 Å². The predicted octanol–water partition coefficient (Wildman–Crippen LogP) is 6.13. The molecule has 5 heteroatoms. The average Bonchev–Trinajstić information content (AvgIpc) is 3.27. The van der Waals surface area contributed by atoms with Gasteiger partial charge < -0.3 is 9.84 Å². The van der Waals surface area contributed by atoms with Gasteiger partial charge in [0.2, 0.25) is 0 Å². The number of aliphatic hydroxyl groups excluding tert-OH is 1. The van der Waals surface area contributed by atoms with Crippen molar-refractivity contribution in [2.45, 2.75) is 51.2 Å². The van der Waals surface area contributed by atoms with Crippen LogP contribution >= 0.6 is 11.6 Å². The first-order valence-corrected chi connectivity index (χ1v) is 10.8. The number of carbonyl (C=O) groups is 1. The number of hydrogen-bond acceptors (Lipinski definition) is 3. The summed E-state index contributed by atoms with van der Waals surface area (Å²) in [5.74, 6) is -1.05. The van der Waals surface area contributed by atoms with Crippen LogP contribution in [0, 0.1) is 17.7 Å². The Balaban J connectivity index is 1.66. The van der Waals surface area contributed by atoms with Crippen molar-refractivity contribution in [1.29, 1.82) is 0 Å². The SMILES string of the molecule is CCc1ccc(-c2ccc(Cl)c(F)c2)cc1C1=C(O)[C@H]2[C@@H](C1=O)C1(C)CCC2(C)O1. The van der Waals surface area contributed by atoms with E-state index >= 15 is 0 Å². The molecule has 2 fully saturated rings. The zero-order valence-corrected chi connectivity index (χ0v) is 18.0. The van der Waals surface area contributed by atoms with Crippen molar-refractivity contribution >= 4 is 23.0 Å². The van der Waals surface area contributed by atoms with Crippen LogP contribution in [0.25, 0.3) is 16.7 Å². The van der Waals surface area contributed by atoms with Crippen LogP contribution in [-0.4, -0.2) is 22.1 Å². The van der Waals surface area contributed by atoms with Gasteiger partial charge in [0.25, 0.3) is 0 Å². The second-order valence-electron chi connectivity index (χ2n) is 9.16. The molecule has 3 aliphatic rings. The lowest BCUT2D eigenvalue weighted by atomic mass is 9.68. The van der Waals surface area contributed by atoms with Crippen molar-refractivity contribution in [3.63, 3.8) is 0 Å². The zero-order chi connectivity index (χ0) is 21.4. The fourth-order valence-corrected chi connectivity index (χ4v) is 5.95. The first-order chi connectivity index (χ1) is 14.2. The Bertz CT molecular complexity index is 1120. The van der Waals surface area contributed by atoms with E-state index in [-0.39, 0.29) is 28.4 Å². The molecule has 0 aromatic heterocycles. The molecular formula is C25H24ClFO3. The summed E-state index contributed by atoms with van der Waals surface area (Å²) in [4.78, 5) is 13.6. The lowest BCUT2D eigenvalue weighted by Crippen LogP contribution is -2.39. The number of fused-ring (bicyclic) bond motifs is 5. The molecule has 1 N–H and O–H groups in total. The quantitative estimate of drug-likeness (QED) is 0.641. The van der Waals surface area contributed by atoms with E-state index in [1.165, 1.54) is 12.1 Å². The van der Waals surface area contributed by atoms with E-state index < -0.39 is 17.0 Å². The summed E-state index contributed by atoms with van der Waals surface area (Å²) in [7, 11) is 0. The molecule has 2 aromatic rings. The van der Waals surface area contributed by atoms with Gasteiger partial charge in [0.05, 0.1) is 33.6 Å². The lowest BCUT2D eigenvalue weighted by molar-refractivity contribution is -0.121. The summed E-state index contributed by atoms with van der Waals surface area (Å²) in [6.07, 6.45) is 2.37. The van der Waals surface area contributed by atoms with Crippen molar-refractivity contribution in [2.24, 2.45) is 11.8 Å². The summed E-state index contributed by atoms with van der Waals surface area (Å²) < 4.78 is 20.3. The summed E-state index contributed by atoms with van der Waals surface area (Å²) in [5.41, 5.74) is 2.52. The normalized spacial score (nSPS) is 32.2. The fourth-order valence-electron chi connectivity index (χ4n) is 5.83. The Kier molecular flexibility index (Phi) is 4.23. The molecule has 2 unspecified atom stereocenters. The van der Waals surface area contributed by atoms with E-state index in [9.17, 15) is 14.3 Å². The van der Waals surface area contributed by atoms with E-state index in [1.807, 2.05) is 39.0 Å². The predicted molar refractivity (Wildman–Crippen MR) is 115 cm³/mol. The Morgan fingerprint density at radius 3 is 2.37 bits per heavy atom. The van der Waals surface area contributed by atoms with E-state index in [0.717, 1.165) is 36.0 Å². The summed E-state index contributed by atoms with van der Waals surface area (Å²) in [6, 6.07) is 10.4. The Morgan fingerprint density at radius 1 is 1.10 bits per heavy atom. The number of aliphatic hydroxyl groups is 1. The highest BCUT2D eigenvalue weighted by Gasteiger charge is 2.69. The van der Waals surface area contributed by atoms with Gasteiger partial charge in [-0.15, -0.1) is 0 Å². The zero-order valence-electron chi connectivity index (χ0n) is 17.3. The monoisotopic (exact) mass is 426 g/mol. The highest BCUT2D eigenvalue weighted by molar-refractivity contribution is 6.30. The third-order valence-corrected chi connectivity index (χ3v) is 7.63. The molecule has 1 aliphatic carbocycles. The van der Waals surface area contributed by atoms with E-state index in [0.29, 0.717) is 11.1 Å². The van der Waals surface area contributed by atoms with Crippen LogP contribution in [0.2, 0.25) is 5.02 Å². The van der Waals surface area contributed by atoms with Gasteiger partial charge in [-0.3, -0.25) is 4.79 Å². The number of Topliss-reactive ketones (excluding diaryl/α,β-unsaturated/α-hetero) is 1. The Labute approximate surface area is 180 Å². The minimum atomic E-state index is -0.532. The molecule has 2 saturated heterocycles. The number of benzene rings is 2. The number of ketones is 1. The topological polar surface area (TPSA) is 46.5 Å². The molecule has 30 heavy (non-hydrogen) atoms. The minimum absolute atomic E-state index is 0.0439. The number of allylic oxidation sites excluding steroid dienone is 1. The fraction of sp³-hybridized carbons (Fsp3) is 0.400. The van der Waals surface area contributed by atoms with Crippen LogP contribution in [-0.2, 0) is 16.0 Å². The van der Waals surface area contributed by atoms with Crippen LogP contribution in [0.1, 0.15) is 44.7 Å². The molecule has 2 aromatic carbocycles. The van der Waals surface area contributed by atoms with E-state index in [4.69, 9.17) is 16.3 Å². The standard InChI is InChI=1S/C25H24ClFO3/c1-4-13-5-6-14(15-7-8-17(26)18(27)12-15)11-16(13)19-22(28)20-21(23(19)29)25(3)10-9-24(20,2)30-25/h5-8,11-12,20-21,28H,4,9-10H2,1-3H3/t20-,21+,24?,25?/m1/s1. The molecule has 2 bridgehead atoms. The minimum Gasteiger partial charge on any atom is -0.511 e. The molecule has 3 nitrogen and oxygen atoms in total. The second-order valence-corrected chi connectivity index (χ2v) is 9.57. The molecule has 5 rings (SSSR count). The maximum atomic E-state index is 14.0. The largest absolute Gasteiger partial charge is 0.511 e. The molecule has 2 heterocycles. The number of rotatable bonds is 3. The highest BCUT2D eigenvalue weighted by Crippen LogP contribution is 2.63. The number of hydrogen-bond donors (Lipinski definition) is 1. The molecule has 0 radical (unpaired) electrons. The second kappa shape index (κ2) is 6.41. The number of ether oxygens (including phenoxy) is 1. The first kappa shape index (κ1) is 19.8. The number of carbonyl (C=O) groups excluding carboxylic acids is 1. The third kappa shape index (κ3) is 2.56. The van der Waals surface area contributed by atoms with E-state index in [1.54, 1.807) is 6.07 Å². The maximum Gasteiger partial charge on any atom is 0.173 e. The number of aryl methyl sites for hydroxylation is 1. The molecule has 0 spiro atoms. The summed E-state index contributed by atoms with van der Waals surface area (Å²) >= 11 is 5.83. The molecule has 0 amide bonds. The van der Waals surface area contributed by atoms with Gasteiger partial charge in [0.1, 0.15) is 11.6 Å². The van der Waals surface area contributed by atoms with Gasteiger partial charge >= 0.3 is 0 Å². The summed E-state index contributed by atoms with van der Waals surface area (Å²) in [6.45, 7) is 6.02. The maximum absolute atomic E-state index is 14.0. The molecule has 0 saturated carbocycles. The molecule has 4 atom stereocenters. The Morgan fingerprint density at radius 2 is 1.73 bits per heavy atom. The van der Waals surface area contributed by atoms with Crippen LogP contribution in [0.5, 0.6) is 0 Å². The van der Waals surface area contributed by atoms with Crippen molar-refractivity contribution < 1.29 is 19.0 Å². The van der Waals surface area contributed by atoms with Gasteiger partial charge in [-0.25, -0.2) is 4.39 Å². The molecule has 2 aliphatic heterocycles. The third-order valence-electron chi connectivity index (χ3n) is 7.33. The molecular weight excluding hydrogens is 403 g/mol. The highest BCUT2D eigenvalue weighted by atomic mass is 35.5. The van der Waals surface area contributed by atoms with Crippen molar-refractivity contribution in [3.05, 3.63) is 64.1 Å². The van der Waals surface area contributed by atoms with Gasteiger partial charge in [0.15, 0.2) is 5.78 Å². The van der Waals surface area contributed by atoms with E-state index in [2.05, 4.69) is 0 Å². The Hall–Kier alpha value is -2.17. The van der Waals surface area contributed by atoms with Gasteiger partial charge in [-0.05, 0) is 73.6 Å². The first-order valence-electron chi connectivity index (χ1n) is 10.4. The smallest absolute Gasteiger partial charge is 0.173 e. The van der Waals surface area contributed by atoms with Crippen molar-refractivity contribution in [3.8, 4) is 11.1 Å². The average molecular weight is 427 g/mol. The van der Waals surface area contributed by atoms with Crippen LogP contribution < -0.4 is 0 Å². The van der Waals surface area contributed by atoms with Crippen molar-refractivity contribution in [2.75, 3.05) is 0 Å².